The van der Waals surface area contributed by atoms with E-state index in [2.05, 4.69) is 15.3 Å². The second kappa shape index (κ2) is 7.20. The maximum absolute atomic E-state index is 12.7. The molecule has 30 heavy (non-hydrogen) atoms. The van der Waals surface area contributed by atoms with Crippen molar-refractivity contribution in [2.75, 3.05) is 5.32 Å². The number of amides is 1. The standard InChI is InChI=1S/C23H16N4O2S/c1-14-5-4-8-19-20(14)25-23(30-19)26-21(28)15-9-11-16(12-10-15)27-13-24-18-7-3-2-6-17(18)22(27)29/h2-13H,1H3,(H,25,26,28). The number of carbonyl (C=O) groups is 1. The number of fused-ring (bicyclic) bond motifs is 2. The van der Waals surface area contributed by atoms with Gasteiger partial charge in [-0.3, -0.25) is 19.5 Å². The summed E-state index contributed by atoms with van der Waals surface area (Å²) in [5.74, 6) is -0.248. The number of benzene rings is 3. The Morgan fingerprint density at radius 1 is 1.00 bits per heavy atom. The Bertz CT molecular complexity index is 1470. The van der Waals surface area contributed by atoms with Gasteiger partial charge in [0.2, 0.25) is 0 Å². The van der Waals surface area contributed by atoms with Crippen LogP contribution in [0.25, 0.3) is 26.8 Å². The molecule has 0 spiro atoms. The van der Waals surface area contributed by atoms with E-state index in [4.69, 9.17) is 0 Å². The summed E-state index contributed by atoms with van der Waals surface area (Å²) in [6.07, 6.45) is 1.50. The van der Waals surface area contributed by atoms with Crippen molar-refractivity contribution in [1.29, 1.82) is 0 Å². The van der Waals surface area contributed by atoms with Gasteiger partial charge in [0.25, 0.3) is 11.5 Å². The van der Waals surface area contributed by atoms with Gasteiger partial charge >= 0.3 is 0 Å². The number of aromatic nitrogens is 3. The highest BCUT2D eigenvalue weighted by atomic mass is 32.1. The summed E-state index contributed by atoms with van der Waals surface area (Å²) >= 11 is 1.44. The minimum Gasteiger partial charge on any atom is -0.298 e. The molecule has 2 aromatic heterocycles. The van der Waals surface area contributed by atoms with Crippen LogP contribution in [0.4, 0.5) is 5.13 Å². The molecule has 0 aliphatic heterocycles. The van der Waals surface area contributed by atoms with Crippen molar-refractivity contribution in [3.8, 4) is 5.69 Å². The summed E-state index contributed by atoms with van der Waals surface area (Å²) in [5, 5.41) is 3.96. The molecule has 2 heterocycles. The Morgan fingerprint density at radius 3 is 2.60 bits per heavy atom. The lowest BCUT2D eigenvalue weighted by Crippen LogP contribution is -2.19. The fraction of sp³-hybridized carbons (Fsp3) is 0.0435. The van der Waals surface area contributed by atoms with Gasteiger partial charge in [0.05, 0.1) is 26.8 Å². The molecule has 0 atom stereocenters. The first-order chi connectivity index (χ1) is 14.6. The van der Waals surface area contributed by atoms with E-state index in [1.54, 1.807) is 36.4 Å². The summed E-state index contributed by atoms with van der Waals surface area (Å²) in [4.78, 5) is 34.2. The van der Waals surface area contributed by atoms with Crippen LogP contribution < -0.4 is 10.9 Å². The van der Waals surface area contributed by atoms with Crippen molar-refractivity contribution in [2.45, 2.75) is 6.92 Å². The van der Waals surface area contributed by atoms with Gasteiger partial charge in [0.1, 0.15) is 6.33 Å². The smallest absolute Gasteiger partial charge is 0.265 e. The third-order valence-corrected chi connectivity index (χ3v) is 5.85. The number of hydrogen-bond donors (Lipinski definition) is 1. The Balaban J connectivity index is 1.42. The summed E-state index contributed by atoms with van der Waals surface area (Å²) in [6.45, 7) is 2.00. The molecule has 0 saturated heterocycles. The zero-order valence-electron chi connectivity index (χ0n) is 16.0. The molecule has 0 fully saturated rings. The van der Waals surface area contributed by atoms with Crippen molar-refractivity contribution in [3.63, 3.8) is 0 Å². The van der Waals surface area contributed by atoms with Crippen LogP contribution in [0.2, 0.25) is 0 Å². The lowest BCUT2D eigenvalue weighted by Gasteiger charge is -2.08. The molecule has 146 valence electrons. The first kappa shape index (κ1) is 18.2. The molecule has 6 nitrogen and oxygen atoms in total. The van der Waals surface area contributed by atoms with Crippen LogP contribution >= 0.6 is 11.3 Å². The first-order valence-corrected chi connectivity index (χ1v) is 10.2. The molecule has 1 N–H and O–H groups in total. The molecule has 0 radical (unpaired) electrons. The monoisotopic (exact) mass is 412 g/mol. The predicted octanol–water partition coefficient (Wildman–Crippen LogP) is 4.56. The fourth-order valence-corrected chi connectivity index (χ4v) is 4.27. The highest BCUT2D eigenvalue weighted by molar-refractivity contribution is 7.22. The minimum atomic E-state index is -0.248. The number of aryl methyl sites for hydroxylation is 1. The zero-order valence-corrected chi connectivity index (χ0v) is 16.8. The molecular formula is C23H16N4O2S. The Kier molecular flexibility index (Phi) is 4.37. The minimum absolute atomic E-state index is 0.150. The third-order valence-electron chi connectivity index (χ3n) is 4.91. The SMILES string of the molecule is Cc1cccc2sc(NC(=O)c3ccc(-n4cnc5ccccc5c4=O)cc3)nc12. The van der Waals surface area contributed by atoms with Crippen LogP contribution in [-0.4, -0.2) is 20.4 Å². The summed E-state index contributed by atoms with van der Waals surface area (Å²) in [7, 11) is 0. The second-order valence-corrected chi connectivity index (χ2v) is 7.91. The van der Waals surface area contributed by atoms with Crippen molar-refractivity contribution >= 4 is 43.5 Å². The van der Waals surface area contributed by atoms with Crippen LogP contribution in [0.15, 0.2) is 77.9 Å². The number of nitrogens with zero attached hydrogens (tertiary/aromatic N) is 3. The number of para-hydroxylation sites is 2. The Morgan fingerprint density at radius 2 is 1.80 bits per heavy atom. The molecule has 7 heteroatoms. The third kappa shape index (κ3) is 3.15. The predicted molar refractivity (Wildman–Crippen MR) is 120 cm³/mol. The van der Waals surface area contributed by atoms with Crippen LogP contribution in [0.5, 0.6) is 0 Å². The number of rotatable bonds is 3. The van der Waals surface area contributed by atoms with Crippen molar-refractivity contribution in [1.82, 2.24) is 14.5 Å². The van der Waals surface area contributed by atoms with E-state index in [-0.39, 0.29) is 11.5 Å². The highest BCUT2D eigenvalue weighted by Gasteiger charge is 2.12. The van der Waals surface area contributed by atoms with E-state index in [0.29, 0.717) is 27.3 Å². The molecule has 0 unspecified atom stereocenters. The van der Waals surface area contributed by atoms with E-state index in [0.717, 1.165) is 15.8 Å². The van der Waals surface area contributed by atoms with Gasteiger partial charge in [-0.2, -0.15) is 0 Å². The normalized spacial score (nSPS) is 11.1. The van der Waals surface area contributed by atoms with Gasteiger partial charge < -0.3 is 0 Å². The van der Waals surface area contributed by atoms with Crippen molar-refractivity contribution in [3.05, 3.63) is 94.5 Å². The van der Waals surface area contributed by atoms with Crippen LogP contribution in [-0.2, 0) is 0 Å². The van der Waals surface area contributed by atoms with Crippen molar-refractivity contribution < 1.29 is 4.79 Å². The van der Waals surface area contributed by atoms with Gasteiger partial charge in [0.15, 0.2) is 5.13 Å². The molecule has 3 aromatic carbocycles. The maximum Gasteiger partial charge on any atom is 0.265 e. The lowest BCUT2D eigenvalue weighted by molar-refractivity contribution is 0.102. The van der Waals surface area contributed by atoms with E-state index >= 15 is 0 Å². The van der Waals surface area contributed by atoms with E-state index in [1.807, 2.05) is 37.3 Å². The largest absolute Gasteiger partial charge is 0.298 e. The maximum atomic E-state index is 12.7. The number of thiazole rings is 1. The number of nitrogens with one attached hydrogen (secondary N) is 1. The van der Waals surface area contributed by atoms with Crippen LogP contribution in [0.1, 0.15) is 15.9 Å². The van der Waals surface area contributed by atoms with Crippen LogP contribution in [0.3, 0.4) is 0 Å². The quantitative estimate of drug-likeness (QED) is 0.471. The van der Waals surface area contributed by atoms with Gasteiger partial charge in [-0.25, -0.2) is 9.97 Å². The zero-order chi connectivity index (χ0) is 20.7. The number of carbonyl (C=O) groups excluding carboxylic acids is 1. The van der Waals surface area contributed by atoms with E-state index in [1.165, 1.54) is 22.2 Å². The molecule has 0 aliphatic rings. The summed E-state index contributed by atoms with van der Waals surface area (Å²) < 4.78 is 2.50. The molecule has 5 rings (SSSR count). The molecule has 0 saturated carbocycles. The van der Waals surface area contributed by atoms with Crippen molar-refractivity contribution in [2.24, 2.45) is 0 Å². The summed E-state index contributed by atoms with van der Waals surface area (Å²) in [5.41, 5.74) is 3.60. The van der Waals surface area contributed by atoms with Gasteiger partial charge in [-0.05, 0) is 55.0 Å². The molecule has 5 aromatic rings. The second-order valence-electron chi connectivity index (χ2n) is 6.88. The van der Waals surface area contributed by atoms with E-state index in [9.17, 15) is 9.59 Å². The van der Waals surface area contributed by atoms with Gasteiger partial charge in [-0.15, -0.1) is 0 Å². The first-order valence-electron chi connectivity index (χ1n) is 9.34. The highest BCUT2D eigenvalue weighted by Crippen LogP contribution is 2.28. The Hall–Kier alpha value is -3.84. The molecular weight excluding hydrogens is 396 g/mol. The molecule has 0 bridgehead atoms. The van der Waals surface area contributed by atoms with Gasteiger partial charge in [0, 0.05) is 5.56 Å². The number of hydrogen-bond acceptors (Lipinski definition) is 5. The Labute approximate surface area is 175 Å². The number of anilines is 1. The molecule has 0 aliphatic carbocycles. The topological polar surface area (TPSA) is 76.9 Å². The summed E-state index contributed by atoms with van der Waals surface area (Å²) in [6, 6.07) is 20.0. The molecule has 1 amide bonds. The lowest BCUT2D eigenvalue weighted by atomic mass is 10.2. The van der Waals surface area contributed by atoms with E-state index < -0.39 is 0 Å². The average Bonchev–Trinajstić information content (AvgIpc) is 3.18. The van der Waals surface area contributed by atoms with Gasteiger partial charge in [-0.1, -0.05) is 35.6 Å². The fourth-order valence-electron chi connectivity index (χ4n) is 3.34. The average molecular weight is 412 g/mol. The van der Waals surface area contributed by atoms with Crippen LogP contribution in [0, 0.1) is 6.92 Å².